The molecule has 1 aliphatic heterocycles. The Bertz CT molecular complexity index is 836. The van der Waals surface area contributed by atoms with Gasteiger partial charge in [-0.1, -0.05) is 79.7 Å². The summed E-state index contributed by atoms with van der Waals surface area (Å²) in [5.41, 5.74) is 2.30. The van der Waals surface area contributed by atoms with Crippen LogP contribution in [0.3, 0.4) is 0 Å². The smallest absolute Gasteiger partial charge is 0.164 e. The van der Waals surface area contributed by atoms with Gasteiger partial charge in [0, 0.05) is 17.8 Å². The molecule has 0 N–H and O–H groups in total. The lowest BCUT2D eigenvalue weighted by atomic mass is 9.75. The summed E-state index contributed by atoms with van der Waals surface area (Å²) in [6.07, 6.45) is 3.82. The highest BCUT2D eigenvalue weighted by molar-refractivity contribution is 7.80. The summed E-state index contributed by atoms with van der Waals surface area (Å²) in [6.45, 7) is 12.4. The van der Waals surface area contributed by atoms with Gasteiger partial charge in [0.25, 0.3) is 0 Å². The second kappa shape index (κ2) is 11.9. The number of hydrogen-bond acceptors (Lipinski definition) is 4. The highest BCUT2D eigenvalue weighted by atomic mass is 32.1. The second-order valence-electron chi connectivity index (χ2n) is 8.07. The third-order valence-corrected chi connectivity index (χ3v) is 6.31. The minimum atomic E-state index is -0.106. The molecule has 1 heterocycles. The Hall–Kier alpha value is -2.27. The van der Waals surface area contributed by atoms with Crippen LogP contribution >= 0.6 is 12.2 Å². The molecule has 0 aliphatic carbocycles. The zero-order valence-electron chi connectivity index (χ0n) is 18.2. The summed E-state index contributed by atoms with van der Waals surface area (Å²) >= 11 is 5.68. The first kappa shape index (κ1) is 23.4. The van der Waals surface area contributed by atoms with Crippen LogP contribution in [0.5, 0.6) is 0 Å². The molecular formula is C27H32O3S. The Morgan fingerprint density at radius 1 is 0.935 bits per heavy atom. The summed E-state index contributed by atoms with van der Waals surface area (Å²) in [6, 6.07) is 20.3. The van der Waals surface area contributed by atoms with E-state index in [-0.39, 0.29) is 29.8 Å². The quantitative estimate of drug-likeness (QED) is 0.301. The van der Waals surface area contributed by atoms with Crippen molar-refractivity contribution < 1.29 is 14.2 Å². The Morgan fingerprint density at radius 2 is 1.52 bits per heavy atom. The summed E-state index contributed by atoms with van der Waals surface area (Å²) < 4.78 is 18.2. The van der Waals surface area contributed by atoms with Crippen molar-refractivity contribution >= 4 is 17.3 Å². The van der Waals surface area contributed by atoms with Crippen molar-refractivity contribution in [3.8, 4) is 0 Å². The fourth-order valence-electron chi connectivity index (χ4n) is 4.20. The lowest BCUT2D eigenvalue weighted by Gasteiger charge is -2.29. The Balaban J connectivity index is 1.62. The molecule has 31 heavy (non-hydrogen) atoms. The van der Waals surface area contributed by atoms with E-state index in [0.29, 0.717) is 31.5 Å². The highest BCUT2D eigenvalue weighted by Gasteiger charge is 2.47. The topological polar surface area (TPSA) is 27.7 Å². The normalized spacial score (nSPS) is 22.5. The van der Waals surface area contributed by atoms with Gasteiger partial charge in [-0.3, -0.25) is 0 Å². The van der Waals surface area contributed by atoms with E-state index in [4.69, 9.17) is 26.4 Å². The van der Waals surface area contributed by atoms with E-state index < -0.39 is 0 Å². The molecule has 0 spiro atoms. The summed E-state index contributed by atoms with van der Waals surface area (Å²) in [5, 5.41) is 0.625. The number of thiocarbonyl (C=S) groups is 1. The van der Waals surface area contributed by atoms with Crippen LogP contribution in [0, 0.1) is 23.7 Å². The lowest BCUT2D eigenvalue weighted by Crippen LogP contribution is -2.34. The summed E-state index contributed by atoms with van der Waals surface area (Å²) in [4.78, 5) is 0. The van der Waals surface area contributed by atoms with E-state index in [1.165, 1.54) is 0 Å². The molecule has 0 amide bonds. The van der Waals surface area contributed by atoms with Crippen molar-refractivity contribution in [1.29, 1.82) is 0 Å². The lowest BCUT2D eigenvalue weighted by molar-refractivity contribution is 0.0120. The van der Waals surface area contributed by atoms with Gasteiger partial charge in [-0.05, 0) is 29.3 Å². The van der Waals surface area contributed by atoms with Crippen molar-refractivity contribution in [3.63, 3.8) is 0 Å². The number of benzene rings is 2. The van der Waals surface area contributed by atoms with Crippen LogP contribution in [0.25, 0.3) is 0 Å². The molecule has 2 aromatic rings. The molecule has 0 saturated carbocycles. The molecule has 0 aromatic heterocycles. The van der Waals surface area contributed by atoms with Crippen molar-refractivity contribution in [2.24, 2.45) is 23.7 Å². The fourth-order valence-corrected chi connectivity index (χ4v) is 4.65. The molecule has 2 aromatic carbocycles. The maximum atomic E-state index is 6.15. The minimum Gasteiger partial charge on any atom is -0.481 e. The number of hydrogen-bond donors (Lipinski definition) is 0. The monoisotopic (exact) mass is 436 g/mol. The number of ether oxygens (including phenoxy) is 3. The second-order valence-corrected chi connectivity index (χ2v) is 8.48. The Morgan fingerprint density at radius 3 is 2.06 bits per heavy atom. The van der Waals surface area contributed by atoms with Crippen molar-refractivity contribution in [2.75, 3.05) is 13.2 Å². The van der Waals surface area contributed by atoms with Crippen LogP contribution in [0.1, 0.15) is 18.1 Å². The molecule has 3 nitrogen and oxygen atoms in total. The van der Waals surface area contributed by atoms with Gasteiger partial charge in [-0.25, -0.2) is 0 Å². The van der Waals surface area contributed by atoms with E-state index in [0.717, 1.165) is 11.1 Å². The van der Waals surface area contributed by atoms with E-state index in [9.17, 15) is 0 Å². The molecule has 0 bridgehead atoms. The largest absolute Gasteiger partial charge is 0.481 e. The summed E-state index contributed by atoms with van der Waals surface area (Å²) in [5.74, 6) is 0.515. The third-order valence-electron chi connectivity index (χ3n) is 5.94. The van der Waals surface area contributed by atoms with Gasteiger partial charge < -0.3 is 14.2 Å². The van der Waals surface area contributed by atoms with Gasteiger partial charge in [0.2, 0.25) is 0 Å². The third kappa shape index (κ3) is 6.36. The van der Waals surface area contributed by atoms with Crippen molar-refractivity contribution in [2.45, 2.75) is 26.2 Å². The minimum absolute atomic E-state index is 0.0431. The van der Waals surface area contributed by atoms with Gasteiger partial charge in [0.05, 0.1) is 26.4 Å². The average molecular weight is 437 g/mol. The molecule has 3 rings (SSSR count). The van der Waals surface area contributed by atoms with Gasteiger partial charge in [0.15, 0.2) is 5.05 Å². The zero-order chi connectivity index (χ0) is 22.1. The Labute approximate surface area is 191 Å². The van der Waals surface area contributed by atoms with Crippen LogP contribution < -0.4 is 0 Å². The standard InChI is InChI=1S/C27H32O3S/c1-4-20(3)25-24(19-29-17-22-14-10-7-11-15-22)30-27(31)26(25)23(5-2)18-28-16-21-12-8-6-9-13-21/h4-15,20,23-26H,1-2,16-19H2,3H3. The molecule has 164 valence electrons. The van der Waals surface area contributed by atoms with Gasteiger partial charge >= 0.3 is 0 Å². The first-order valence-electron chi connectivity index (χ1n) is 10.8. The van der Waals surface area contributed by atoms with Crippen molar-refractivity contribution in [1.82, 2.24) is 0 Å². The van der Waals surface area contributed by atoms with Crippen LogP contribution in [0.2, 0.25) is 0 Å². The van der Waals surface area contributed by atoms with Crippen LogP contribution in [0.15, 0.2) is 86.0 Å². The molecule has 4 heteroatoms. The predicted octanol–water partition coefficient (Wildman–Crippen LogP) is 6.00. The van der Waals surface area contributed by atoms with Crippen molar-refractivity contribution in [3.05, 3.63) is 97.1 Å². The molecule has 5 atom stereocenters. The maximum Gasteiger partial charge on any atom is 0.164 e. The molecule has 1 saturated heterocycles. The fraction of sp³-hybridized carbons (Fsp3) is 0.370. The highest BCUT2D eigenvalue weighted by Crippen LogP contribution is 2.41. The molecule has 1 aliphatic rings. The first-order valence-corrected chi connectivity index (χ1v) is 11.2. The molecule has 5 unspecified atom stereocenters. The molecule has 0 radical (unpaired) electrons. The maximum absolute atomic E-state index is 6.15. The van der Waals surface area contributed by atoms with Crippen LogP contribution in [-0.4, -0.2) is 24.4 Å². The van der Waals surface area contributed by atoms with E-state index in [1.54, 1.807) is 0 Å². The average Bonchev–Trinajstić information content (AvgIpc) is 3.13. The molecular weight excluding hydrogens is 404 g/mol. The number of rotatable bonds is 12. The number of allylic oxidation sites excluding steroid dienone is 1. The zero-order valence-corrected chi connectivity index (χ0v) is 19.0. The summed E-state index contributed by atoms with van der Waals surface area (Å²) in [7, 11) is 0. The SMILES string of the molecule is C=CC(C)C1C(COCc2ccccc2)OC(=S)C1C(C=C)COCc1ccccc1. The predicted molar refractivity (Wildman–Crippen MR) is 130 cm³/mol. The van der Waals surface area contributed by atoms with Gasteiger partial charge in [-0.15, -0.1) is 13.2 Å². The Kier molecular flexibility index (Phi) is 9.01. The van der Waals surface area contributed by atoms with Gasteiger partial charge in [-0.2, -0.15) is 0 Å². The first-order chi connectivity index (χ1) is 15.1. The van der Waals surface area contributed by atoms with E-state index >= 15 is 0 Å². The van der Waals surface area contributed by atoms with Gasteiger partial charge in [0.1, 0.15) is 6.10 Å². The van der Waals surface area contributed by atoms with E-state index in [1.807, 2.05) is 48.6 Å². The van der Waals surface area contributed by atoms with E-state index in [2.05, 4.69) is 44.3 Å². The van der Waals surface area contributed by atoms with Crippen LogP contribution in [0.4, 0.5) is 0 Å². The van der Waals surface area contributed by atoms with Crippen LogP contribution in [-0.2, 0) is 27.4 Å². The molecule has 1 fully saturated rings.